The summed E-state index contributed by atoms with van der Waals surface area (Å²) in [5, 5.41) is 46.4. The zero-order valence-corrected chi connectivity index (χ0v) is 12.7. The van der Waals surface area contributed by atoms with Gasteiger partial charge in [0.05, 0.1) is 6.61 Å². The topological polar surface area (TPSA) is 154 Å². The van der Waals surface area contributed by atoms with Crippen molar-refractivity contribution in [1.29, 1.82) is 0 Å². The van der Waals surface area contributed by atoms with Crippen LogP contribution in [-0.4, -0.2) is 74.8 Å². The highest BCUT2D eigenvalue weighted by molar-refractivity contribution is 5.69. The van der Waals surface area contributed by atoms with Crippen molar-refractivity contribution in [2.24, 2.45) is 0 Å². The Balaban J connectivity index is 2.28. The maximum atomic E-state index is 11.7. The van der Waals surface area contributed by atoms with E-state index in [0.29, 0.717) is 25.7 Å². The first-order chi connectivity index (χ1) is 10.9. The van der Waals surface area contributed by atoms with Crippen molar-refractivity contribution in [2.45, 2.75) is 69.2 Å². The van der Waals surface area contributed by atoms with Gasteiger partial charge in [0, 0.05) is 12.8 Å². The molecule has 134 valence electrons. The Morgan fingerprint density at radius 3 is 2.09 bits per heavy atom. The maximum absolute atomic E-state index is 11.7. The average molecular weight is 336 g/mol. The molecule has 9 heteroatoms. The quantitative estimate of drug-likeness (QED) is 0.257. The highest BCUT2D eigenvalue weighted by Crippen LogP contribution is 2.22. The van der Waals surface area contributed by atoms with E-state index >= 15 is 0 Å². The Hall–Kier alpha value is -1.26. The van der Waals surface area contributed by atoms with Gasteiger partial charge in [0.25, 0.3) is 0 Å². The molecule has 0 aliphatic carbocycles. The zero-order chi connectivity index (χ0) is 17.4. The van der Waals surface area contributed by atoms with Crippen molar-refractivity contribution in [3.63, 3.8) is 0 Å². The molecular weight excluding hydrogens is 312 g/mol. The Kier molecular flexibility index (Phi) is 8.42. The van der Waals surface area contributed by atoms with Gasteiger partial charge in [-0.15, -0.1) is 0 Å². The fourth-order valence-corrected chi connectivity index (χ4v) is 2.25. The van der Waals surface area contributed by atoms with Crippen molar-refractivity contribution in [1.82, 2.24) is 0 Å². The fraction of sp³-hybridized carbons (Fsp3) is 0.857. The van der Waals surface area contributed by atoms with E-state index in [1.165, 1.54) is 0 Å². The van der Waals surface area contributed by atoms with Gasteiger partial charge in [-0.3, -0.25) is 9.59 Å². The minimum Gasteiger partial charge on any atom is -0.481 e. The summed E-state index contributed by atoms with van der Waals surface area (Å²) in [5.41, 5.74) is 0. The average Bonchev–Trinajstić information content (AvgIpc) is 2.51. The number of aliphatic carboxylic acids is 1. The van der Waals surface area contributed by atoms with E-state index < -0.39 is 49.3 Å². The number of carboxylic acid groups (broad SMARTS) is 1. The van der Waals surface area contributed by atoms with Crippen LogP contribution in [-0.2, 0) is 19.1 Å². The van der Waals surface area contributed by atoms with Gasteiger partial charge in [-0.2, -0.15) is 0 Å². The zero-order valence-electron chi connectivity index (χ0n) is 12.7. The Morgan fingerprint density at radius 2 is 1.52 bits per heavy atom. The number of rotatable bonds is 9. The monoisotopic (exact) mass is 336 g/mol. The second-order valence-electron chi connectivity index (χ2n) is 5.50. The lowest BCUT2D eigenvalue weighted by atomic mass is 9.99. The van der Waals surface area contributed by atoms with Crippen LogP contribution in [0, 0.1) is 0 Å². The number of esters is 1. The molecule has 1 unspecified atom stereocenters. The molecule has 0 radical (unpaired) electrons. The molecule has 0 saturated carbocycles. The summed E-state index contributed by atoms with van der Waals surface area (Å²) >= 11 is 0. The molecule has 0 aromatic heterocycles. The molecule has 1 fully saturated rings. The second-order valence-corrected chi connectivity index (χ2v) is 5.50. The molecule has 23 heavy (non-hydrogen) atoms. The first kappa shape index (κ1) is 19.8. The van der Waals surface area contributed by atoms with Crippen molar-refractivity contribution >= 4 is 11.9 Å². The summed E-state index contributed by atoms with van der Waals surface area (Å²) in [5.74, 6) is -1.50. The van der Waals surface area contributed by atoms with Gasteiger partial charge in [0.1, 0.15) is 24.4 Å². The standard InChI is InChI=1S/C14H24O9/c15-7-8-11(19)12(20)13(21)14(22-8)23-10(18)6-4-2-1-3-5-9(16)17/h8,11-15,19-21H,1-7H2,(H,16,17)/t8-,11-,12+,13-,14?/m1/s1. The smallest absolute Gasteiger partial charge is 0.308 e. The first-order valence-corrected chi connectivity index (χ1v) is 7.58. The lowest BCUT2D eigenvalue weighted by Gasteiger charge is -2.39. The maximum Gasteiger partial charge on any atom is 0.308 e. The molecule has 5 N–H and O–H groups in total. The SMILES string of the molecule is O=C(O)CCCCCCC(=O)OC1O[C@H](CO)[C@@H](O)[C@H](O)[C@H]1O. The lowest BCUT2D eigenvalue weighted by molar-refractivity contribution is -0.292. The molecule has 0 bridgehead atoms. The number of carbonyl (C=O) groups is 2. The summed E-state index contributed by atoms with van der Waals surface area (Å²) in [4.78, 5) is 22.0. The van der Waals surface area contributed by atoms with E-state index in [1.807, 2.05) is 0 Å². The van der Waals surface area contributed by atoms with Gasteiger partial charge in [0.2, 0.25) is 6.29 Å². The van der Waals surface area contributed by atoms with Crippen molar-refractivity contribution < 1.29 is 44.6 Å². The van der Waals surface area contributed by atoms with Crippen molar-refractivity contribution in [3.8, 4) is 0 Å². The Labute approximate surface area is 133 Å². The largest absolute Gasteiger partial charge is 0.481 e. The lowest BCUT2D eigenvalue weighted by Crippen LogP contribution is -2.59. The number of hydrogen-bond donors (Lipinski definition) is 5. The molecule has 1 saturated heterocycles. The summed E-state index contributed by atoms with van der Waals surface area (Å²) in [6.45, 7) is -0.595. The molecule has 1 aliphatic heterocycles. The summed E-state index contributed by atoms with van der Waals surface area (Å²) in [6.07, 6.45) is -4.74. The van der Waals surface area contributed by atoms with Crippen LogP contribution in [0.2, 0.25) is 0 Å². The number of carbonyl (C=O) groups excluding carboxylic acids is 1. The third-order valence-electron chi connectivity index (χ3n) is 3.62. The number of unbranched alkanes of at least 4 members (excludes halogenated alkanes) is 3. The van der Waals surface area contributed by atoms with Gasteiger partial charge < -0.3 is 35.0 Å². The van der Waals surface area contributed by atoms with E-state index in [4.69, 9.17) is 19.7 Å². The minimum atomic E-state index is -1.60. The molecule has 1 rings (SSSR count). The van der Waals surface area contributed by atoms with Crippen LogP contribution in [0.1, 0.15) is 38.5 Å². The van der Waals surface area contributed by atoms with E-state index in [1.54, 1.807) is 0 Å². The molecule has 9 nitrogen and oxygen atoms in total. The molecular formula is C14H24O9. The van der Waals surface area contributed by atoms with Gasteiger partial charge in [-0.1, -0.05) is 12.8 Å². The van der Waals surface area contributed by atoms with Crippen LogP contribution in [0.25, 0.3) is 0 Å². The van der Waals surface area contributed by atoms with Crippen molar-refractivity contribution in [3.05, 3.63) is 0 Å². The van der Waals surface area contributed by atoms with Gasteiger partial charge in [-0.25, -0.2) is 0 Å². The Morgan fingerprint density at radius 1 is 0.913 bits per heavy atom. The van der Waals surface area contributed by atoms with Crippen molar-refractivity contribution in [2.75, 3.05) is 6.61 Å². The molecule has 0 aromatic carbocycles. The number of aliphatic hydroxyl groups is 4. The first-order valence-electron chi connectivity index (χ1n) is 7.58. The van der Waals surface area contributed by atoms with Crippen LogP contribution < -0.4 is 0 Å². The predicted octanol–water partition coefficient (Wildman–Crippen LogP) is -1.25. The van der Waals surface area contributed by atoms with Gasteiger partial charge in [0.15, 0.2) is 0 Å². The Bertz CT molecular complexity index is 384. The molecule has 1 heterocycles. The highest BCUT2D eigenvalue weighted by atomic mass is 16.7. The number of carboxylic acids is 1. The highest BCUT2D eigenvalue weighted by Gasteiger charge is 2.45. The third kappa shape index (κ3) is 6.40. The molecule has 0 spiro atoms. The van der Waals surface area contributed by atoms with E-state index in [9.17, 15) is 24.9 Å². The number of ether oxygens (including phenoxy) is 2. The third-order valence-corrected chi connectivity index (χ3v) is 3.62. The molecule has 0 aromatic rings. The van der Waals surface area contributed by atoms with E-state index in [-0.39, 0.29) is 12.8 Å². The van der Waals surface area contributed by atoms with Crippen LogP contribution in [0.3, 0.4) is 0 Å². The fourth-order valence-electron chi connectivity index (χ4n) is 2.25. The van der Waals surface area contributed by atoms with Crippen LogP contribution >= 0.6 is 0 Å². The summed E-state index contributed by atoms with van der Waals surface area (Å²) in [6, 6.07) is 0. The predicted molar refractivity (Wildman–Crippen MR) is 75.2 cm³/mol. The number of hydrogen-bond acceptors (Lipinski definition) is 8. The van der Waals surface area contributed by atoms with Gasteiger partial charge >= 0.3 is 11.9 Å². The summed E-state index contributed by atoms with van der Waals surface area (Å²) < 4.78 is 9.97. The van der Waals surface area contributed by atoms with E-state index in [0.717, 1.165) is 0 Å². The van der Waals surface area contributed by atoms with Crippen LogP contribution in [0.4, 0.5) is 0 Å². The van der Waals surface area contributed by atoms with Crippen LogP contribution in [0.15, 0.2) is 0 Å². The van der Waals surface area contributed by atoms with Gasteiger partial charge in [-0.05, 0) is 12.8 Å². The normalized spacial score (nSPS) is 30.9. The summed E-state index contributed by atoms with van der Waals surface area (Å²) in [7, 11) is 0. The second kappa shape index (κ2) is 9.78. The van der Waals surface area contributed by atoms with Crippen LogP contribution in [0.5, 0.6) is 0 Å². The molecule has 1 aliphatic rings. The van der Waals surface area contributed by atoms with E-state index in [2.05, 4.69) is 0 Å². The molecule has 0 amide bonds. The number of aliphatic hydroxyl groups excluding tert-OH is 4. The molecule has 5 atom stereocenters. The minimum absolute atomic E-state index is 0.0576.